The highest BCUT2D eigenvalue weighted by Crippen LogP contribution is 2.29. The molecule has 1 aromatic carbocycles. The van der Waals surface area contributed by atoms with Crippen molar-refractivity contribution in [2.24, 2.45) is 0 Å². The molecule has 0 N–H and O–H groups in total. The molecule has 0 saturated carbocycles. The first-order chi connectivity index (χ1) is 8.20. The van der Waals surface area contributed by atoms with Gasteiger partial charge in [-0.3, -0.25) is 0 Å². The summed E-state index contributed by atoms with van der Waals surface area (Å²) in [5.41, 5.74) is 2.35. The van der Waals surface area contributed by atoms with Gasteiger partial charge in [-0.1, -0.05) is 34.1 Å². The molecule has 0 saturated heterocycles. The van der Waals surface area contributed by atoms with Gasteiger partial charge in [-0.25, -0.2) is 4.98 Å². The van der Waals surface area contributed by atoms with Crippen molar-refractivity contribution >= 4 is 38.9 Å². The van der Waals surface area contributed by atoms with Crippen LogP contribution in [-0.4, -0.2) is 10.9 Å². The lowest BCUT2D eigenvalue weighted by atomic mass is 9.98. The van der Waals surface area contributed by atoms with Gasteiger partial charge < -0.3 is 0 Å². The fourth-order valence-electron chi connectivity index (χ4n) is 1.76. The molecule has 0 aliphatic carbocycles. The number of aryl methyl sites for hydroxylation is 1. The molecular weight excluding hydrogens is 318 g/mol. The molecule has 4 heteroatoms. The average Bonchev–Trinajstić information content (AvgIpc) is 2.73. The van der Waals surface area contributed by atoms with Crippen LogP contribution in [0.5, 0.6) is 0 Å². The van der Waals surface area contributed by atoms with Crippen molar-refractivity contribution in [1.82, 2.24) is 4.98 Å². The molecule has 2 rings (SSSR count). The Balaban J connectivity index is 2.20. The molecule has 0 radical (unpaired) electrons. The highest BCUT2D eigenvalue weighted by molar-refractivity contribution is 9.10. The molecule has 1 aromatic heterocycles. The van der Waals surface area contributed by atoms with Gasteiger partial charge in [0.2, 0.25) is 0 Å². The molecule has 90 valence electrons. The van der Waals surface area contributed by atoms with Gasteiger partial charge in [0.25, 0.3) is 0 Å². The summed E-state index contributed by atoms with van der Waals surface area (Å²) in [6.07, 6.45) is 0.907. The normalized spacial score (nSPS) is 12.6. The molecule has 17 heavy (non-hydrogen) atoms. The average molecular weight is 331 g/mol. The summed E-state index contributed by atoms with van der Waals surface area (Å²) in [7, 11) is 0. The summed E-state index contributed by atoms with van der Waals surface area (Å²) >= 11 is 11.4. The third-order valence-corrected chi connectivity index (χ3v) is 4.70. The maximum Gasteiger partial charge on any atom is 0.0934 e. The number of alkyl halides is 1. The van der Waals surface area contributed by atoms with Gasteiger partial charge in [0, 0.05) is 33.8 Å². The molecule has 1 atom stereocenters. The predicted octanol–water partition coefficient (Wildman–Crippen LogP) is 4.78. The molecule has 2 aromatic rings. The number of thiazole rings is 1. The van der Waals surface area contributed by atoms with E-state index < -0.39 is 0 Å². The Morgan fingerprint density at radius 3 is 2.76 bits per heavy atom. The smallest absolute Gasteiger partial charge is 0.0934 e. The summed E-state index contributed by atoms with van der Waals surface area (Å²) in [5, 5.41) is 3.24. The topological polar surface area (TPSA) is 12.9 Å². The largest absolute Gasteiger partial charge is 0.247 e. The first-order valence-electron chi connectivity index (χ1n) is 5.42. The fourth-order valence-corrected chi connectivity index (χ4v) is 3.50. The summed E-state index contributed by atoms with van der Waals surface area (Å²) in [5.74, 6) is 0.930. The second kappa shape index (κ2) is 5.98. The van der Waals surface area contributed by atoms with Gasteiger partial charge in [-0.05, 0) is 18.6 Å². The highest BCUT2D eigenvalue weighted by Gasteiger charge is 2.15. The molecule has 1 nitrogen and oxygen atoms in total. The first-order valence-corrected chi connectivity index (χ1v) is 7.63. The molecule has 0 fully saturated rings. The molecule has 0 aliphatic rings. The summed E-state index contributed by atoms with van der Waals surface area (Å²) < 4.78 is 1.12. The van der Waals surface area contributed by atoms with E-state index in [9.17, 15) is 0 Å². The minimum absolute atomic E-state index is 0.317. The Hall–Kier alpha value is -0.380. The van der Waals surface area contributed by atoms with Crippen molar-refractivity contribution in [2.45, 2.75) is 19.3 Å². The number of nitrogens with zero attached hydrogens (tertiary/aromatic N) is 1. The van der Waals surface area contributed by atoms with Crippen molar-refractivity contribution in [3.8, 4) is 0 Å². The number of hydrogen-bond donors (Lipinski definition) is 0. The van der Waals surface area contributed by atoms with E-state index in [1.807, 2.05) is 19.1 Å². The van der Waals surface area contributed by atoms with E-state index in [0.717, 1.165) is 21.6 Å². The van der Waals surface area contributed by atoms with Crippen LogP contribution in [0.4, 0.5) is 0 Å². The highest BCUT2D eigenvalue weighted by atomic mass is 79.9. The quantitative estimate of drug-likeness (QED) is 0.735. The first kappa shape index (κ1) is 13.1. The van der Waals surface area contributed by atoms with Gasteiger partial charge in [-0.15, -0.1) is 22.9 Å². The van der Waals surface area contributed by atoms with Gasteiger partial charge >= 0.3 is 0 Å². The lowest BCUT2D eigenvalue weighted by Gasteiger charge is -2.14. The lowest BCUT2D eigenvalue weighted by molar-refractivity contribution is 0.755. The van der Waals surface area contributed by atoms with Crippen LogP contribution >= 0.6 is 38.9 Å². The number of halogens is 2. The monoisotopic (exact) mass is 329 g/mol. The predicted molar refractivity (Wildman–Crippen MR) is 78.2 cm³/mol. The second-order valence-corrected chi connectivity index (χ2v) is 6.07. The van der Waals surface area contributed by atoms with Crippen LogP contribution in [0, 0.1) is 6.92 Å². The van der Waals surface area contributed by atoms with Crippen molar-refractivity contribution in [3.63, 3.8) is 0 Å². The van der Waals surface area contributed by atoms with E-state index in [1.54, 1.807) is 11.3 Å². The molecule has 1 unspecified atom stereocenters. The van der Waals surface area contributed by atoms with E-state index in [2.05, 4.69) is 38.4 Å². The van der Waals surface area contributed by atoms with Gasteiger partial charge in [0.15, 0.2) is 0 Å². The zero-order valence-electron chi connectivity index (χ0n) is 9.49. The molecular formula is C13H13BrClNS. The van der Waals surface area contributed by atoms with Crippen LogP contribution in [0.2, 0.25) is 0 Å². The van der Waals surface area contributed by atoms with Crippen molar-refractivity contribution < 1.29 is 0 Å². The Labute approximate surface area is 119 Å². The van der Waals surface area contributed by atoms with E-state index in [4.69, 9.17) is 11.6 Å². The number of hydrogen-bond acceptors (Lipinski definition) is 2. The van der Waals surface area contributed by atoms with Crippen LogP contribution in [-0.2, 0) is 6.42 Å². The molecule has 0 bridgehead atoms. The van der Waals surface area contributed by atoms with Crippen LogP contribution < -0.4 is 0 Å². The van der Waals surface area contributed by atoms with E-state index in [1.165, 1.54) is 5.56 Å². The minimum Gasteiger partial charge on any atom is -0.247 e. The molecule has 0 aliphatic heterocycles. The van der Waals surface area contributed by atoms with Crippen molar-refractivity contribution in [1.29, 1.82) is 0 Å². The maximum atomic E-state index is 6.09. The number of aromatic nitrogens is 1. The minimum atomic E-state index is 0.317. The van der Waals surface area contributed by atoms with Gasteiger partial charge in [-0.2, -0.15) is 0 Å². The summed E-state index contributed by atoms with van der Waals surface area (Å²) in [6.45, 7) is 2.02. The van der Waals surface area contributed by atoms with Gasteiger partial charge in [0.1, 0.15) is 0 Å². The Kier molecular flexibility index (Phi) is 4.60. The lowest BCUT2D eigenvalue weighted by Crippen LogP contribution is -2.05. The number of benzene rings is 1. The third kappa shape index (κ3) is 3.30. The van der Waals surface area contributed by atoms with Crippen LogP contribution in [0.3, 0.4) is 0 Å². The van der Waals surface area contributed by atoms with Crippen molar-refractivity contribution in [3.05, 3.63) is 50.4 Å². The molecule has 0 spiro atoms. The van der Waals surface area contributed by atoms with Crippen LogP contribution in [0.15, 0.2) is 34.1 Å². The Morgan fingerprint density at radius 1 is 1.41 bits per heavy atom. The summed E-state index contributed by atoms with van der Waals surface area (Å²) in [4.78, 5) is 4.50. The zero-order valence-corrected chi connectivity index (χ0v) is 12.6. The Bertz CT molecular complexity index is 498. The molecule has 1 heterocycles. The van der Waals surface area contributed by atoms with Gasteiger partial charge in [0.05, 0.1) is 5.01 Å². The van der Waals surface area contributed by atoms with E-state index >= 15 is 0 Å². The van der Waals surface area contributed by atoms with E-state index in [-0.39, 0.29) is 0 Å². The SMILES string of the molecule is Cc1csc(CC(CCl)c2ccccc2Br)n1. The fraction of sp³-hybridized carbons (Fsp3) is 0.308. The molecule has 0 amide bonds. The second-order valence-electron chi connectivity index (χ2n) is 3.96. The maximum absolute atomic E-state index is 6.09. The van der Waals surface area contributed by atoms with Crippen LogP contribution in [0.1, 0.15) is 22.2 Å². The standard InChI is InChI=1S/C13H13BrClNS/c1-9-8-17-13(16-9)6-10(7-15)11-4-2-3-5-12(11)14/h2-5,8,10H,6-7H2,1H3. The van der Waals surface area contributed by atoms with Crippen LogP contribution in [0.25, 0.3) is 0 Å². The summed E-state index contributed by atoms with van der Waals surface area (Å²) in [6, 6.07) is 8.25. The zero-order chi connectivity index (χ0) is 12.3. The third-order valence-electron chi connectivity index (χ3n) is 2.62. The van der Waals surface area contributed by atoms with Crippen molar-refractivity contribution in [2.75, 3.05) is 5.88 Å². The number of rotatable bonds is 4. The van der Waals surface area contributed by atoms with E-state index in [0.29, 0.717) is 11.8 Å². The Morgan fingerprint density at radius 2 is 2.18 bits per heavy atom.